The van der Waals surface area contributed by atoms with Crippen LogP contribution in [-0.4, -0.2) is 22.3 Å². The second kappa shape index (κ2) is 7.27. The topological polar surface area (TPSA) is 53.4 Å². The van der Waals surface area contributed by atoms with Gasteiger partial charge in [-0.1, -0.05) is 50.2 Å². The molecule has 1 aliphatic rings. The number of rotatable bonds is 5. The third kappa shape index (κ3) is 3.87. The molecular formula is C22H22N2O3. The van der Waals surface area contributed by atoms with E-state index in [1.165, 1.54) is 17.2 Å². The van der Waals surface area contributed by atoms with Crippen LogP contribution < -0.4 is 15.0 Å². The van der Waals surface area contributed by atoms with Crippen molar-refractivity contribution in [1.29, 1.82) is 0 Å². The summed E-state index contributed by atoms with van der Waals surface area (Å²) < 4.78 is 13.5. The maximum atomic E-state index is 11.3. The molecular weight excluding hydrogens is 340 g/mol. The average Bonchev–Trinajstić information content (AvgIpc) is 3.08. The van der Waals surface area contributed by atoms with E-state index in [9.17, 15) is 4.79 Å². The summed E-state index contributed by atoms with van der Waals surface area (Å²) in [5.74, 6) is 1.29. The van der Waals surface area contributed by atoms with Gasteiger partial charge in [0.2, 0.25) is 0 Å². The number of aromatic nitrogens is 2. The molecule has 0 radical (unpaired) electrons. The standard InChI is InChI=1S/C22H22N2O3/c1-15(2)16-5-3-6-17(11-16)18-7-4-8-19(12-18)26-14-20-13-24-10-9-21(25)23-22(24)27-20/h3-12,15,20H,13-14H2,1-2H3/t20-/m0/s1. The van der Waals surface area contributed by atoms with Crippen molar-refractivity contribution in [2.45, 2.75) is 32.4 Å². The fourth-order valence-electron chi connectivity index (χ4n) is 3.17. The summed E-state index contributed by atoms with van der Waals surface area (Å²) in [6, 6.07) is 18.5. The molecule has 2 aromatic carbocycles. The van der Waals surface area contributed by atoms with Gasteiger partial charge in [0.1, 0.15) is 12.4 Å². The van der Waals surface area contributed by atoms with Gasteiger partial charge in [-0.25, -0.2) is 0 Å². The molecule has 0 unspecified atom stereocenters. The SMILES string of the molecule is CC(C)c1cccc(-c2cccc(OC[C@@H]3Cn4ccc(=O)nc4O3)c2)c1. The largest absolute Gasteiger partial charge is 0.490 e. The quantitative estimate of drug-likeness (QED) is 0.691. The van der Waals surface area contributed by atoms with Crippen molar-refractivity contribution in [3.63, 3.8) is 0 Å². The van der Waals surface area contributed by atoms with Crippen LogP contribution in [0, 0.1) is 0 Å². The Kier molecular flexibility index (Phi) is 4.67. The Bertz CT molecular complexity index is 1010. The van der Waals surface area contributed by atoms with Crippen LogP contribution in [0.5, 0.6) is 11.8 Å². The van der Waals surface area contributed by atoms with Gasteiger partial charge in [0.25, 0.3) is 11.6 Å². The van der Waals surface area contributed by atoms with E-state index in [0.29, 0.717) is 25.1 Å². The van der Waals surface area contributed by atoms with E-state index in [2.05, 4.69) is 49.2 Å². The van der Waals surface area contributed by atoms with E-state index < -0.39 is 0 Å². The molecule has 1 atom stereocenters. The first-order chi connectivity index (χ1) is 13.1. The minimum absolute atomic E-state index is 0.160. The fourth-order valence-corrected chi connectivity index (χ4v) is 3.17. The van der Waals surface area contributed by atoms with Gasteiger partial charge in [-0.2, -0.15) is 4.98 Å². The van der Waals surface area contributed by atoms with Crippen LogP contribution in [0.1, 0.15) is 25.3 Å². The van der Waals surface area contributed by atoms with Gasteiger partial charge in [0.05, 0.1) is 6.54 Å². The molecule has 0 bridgehead atoms. The second-order valence-electron chi connectivity index (χ2n) is 7.06. The Labute approximate surface area is 158 Å². The zero-order valence-electron chi connectivity index (χ0n) is 15.5. The van der Waals surface area contributed by atoms with Crippen LogP contribution in [0.15, 0.2) is 65.6 Å². The lowest BCUT2D eigenvalue weighted by molar-refractivity contribution is 0.143. The zero-order valence-corrected chi connectivity index (χ0v) is 15.5. The monoisotopic (exact) mass is 362 g/mol. The minimum Gasteiger partial charge on any atom is -0.490 e. The molecule has 2 heterocycles. The summed E-state index contributed by atoms with van der Waals surface area (Å²) in [6.45, 7) is 5.41. The molecule has 5 nitrogen and oxygen atoms in total. The smallest absolute Gasteiger partial charge is 0.300 e. The van der Waals surface area contributed by atoms with Crippen molar-refractivity contribution >= 4 is 0 Å². The van der Waals surface area contributed by atoms with Gasteiger partial charge in [-0.15, -0.1) is 0 Å². The van der Waals surface area contributed by atoms with Crippen molar-refractivity contribution in [3.8, 4) is 22.9 Å². The first-order valence-corrected chi connectivity index (χ1v) is 9.16. The van der Waals surface area contributed by atoms with Crippen LogP contribution in [-0.2, 0) is 6.54 Å². The number of benzene rings is 2. The number of hydrogen-bond acceptors (Lipinski definition) is 4. The second-order valence-corrected chi connectivity index (χ2v) is 7.06. The lowest BCUT2D eigenvalue weighted by Gasteiger charge is -2.13. The predicted molar refractivity (Wildman–Crippen MR) is 104 cm³/mol. The zero-order chi connectivity index (χ0) is 18.8. The molecule has 138 valence electrons. The lowest BCUT2D eigenvalue weighted by atomic mass is 9.97. The molecule has 1 aromatic heterocycles. The van der Waals surface area contributed by atoms with Gasteiger partial charge in [-0.3, -0.25) is 9.36 Å². The summed E-state index contributed by atoms with van der Waals surface area (Å²) in [5.41, 5.74) is 3.33. The van der Waals surface area contributed by atoms with Crippen LogP contribution in [0.3, 0.4) is 0 Å². The lowest BCUT2D eigenvalue weighted by Crippen LogP contribution is -2.23. The van der Waals surface area contributed by atoms with E-state index in [1.54, 1.807) is 6.20 Å². The third-order valence-electron chi connectivity index (χ3n) is 4.68. The third-order valence-corrected chi connectivity index (χ3v) is 4.68. The van der Waals surface area contributed by atoms with E-state index in [0.717, 1.165) is 11.3 Å². The highest BCUT2D eigenvalue weighted by atomic mass is 16.6. The minimum atomic E-state index is -0.292. The first-order valence-electron chi connectivity index (χ1n) is 9.16. The molecule has 0 aliphatic carbocycles. The molecule has 0 spiro atoms. The average molecular weight is 362 g/mol. The van der Waals surface area contributed by atoms with E-state index in [-0.39, 0.29) is 11.7 Å². The molecule has 5 heteroatoms. The van der Waals surface area contributed by atoms with Crippen molar-refractivity contribution in [2.24, 2.45) is 0 Å². The number of nitrogens with zero attached hydrogens (tertiary/aromatic N) is 2. The first kappa shape index (κ1) is 17.3. The Morgan fingerprint density at radius 3 is 2.74 bits per heavy atom. The van der Waals surface area contributed by atoms with E-state index in [4.69, 9.17) is 9.47 Å². The van der Waals surface area contributed by atoms with Crippen LogP contribution in [0.25, 0.3) is 11.1 Å². The highest BCUT2D eigenvalue weighted by Gasteiger charge is 2.23. The molecule has 27 heavy (non-hydrogen) atoms. The van der Waals surface area contributed by atoms with Crippen molar-refractivity contribution in [3.05, 3.63) is 76.7 Å². The molecule has 0 amide bonds. The van der Waals surface area contributed by atoms with E-state index >= 15 is 0 Å². The maximum absolute atomic E-state index is 11.3. The molecule has 1 aliphatic heterocycles. The van der Waals surface area contributed by atoms with Crippen molar-refractivity contribution in [2.75, 3.05) is 6.61 Å². The summed E-state index contributed by atoms with van der Waals surface area (Å²) in [5, 5.41) is 0. The van der Waals surface area contributed by atoms with Crippen LogP contribution in [0.2, 0.25) is 0 Å². The number of ether oxygens (including phenoxy) is 2. The van der Waals surface area contributed by atoms with Crippen LogP contribution >= 0.6 is 0 Å². The van der Waals surface area contributed by atoms with Gasteiger partial charge in [0, 0.05) is 12.3 Å². The van der Waals surface area contributed by atoms with Gasteiger partial charge < -0.3 is 9.47 Å². The van der Waals surface area contributed by atoms with Crippen LogP contribution in [0.4, 0.5) is 0 Å². The molecule has 0 saturated carbocycles. The van der Waals surface area contributed by atoms with E-state index in [1.807, 2.05) is 22.8 Å². The highest BCUT2D eigenvalue weighted by molar-refractivity contribution is 5.66. The summed E-state index contributed by atoms with van der Waals surface area (Å²) in [4.78, 5) is 15.2. The van der Waals surface area contributed by atoms with Gasteiger partial charge >= 0.3 is 0 Å². The van der Waals surface area contributed by atoms with Crippen molar-refractivity contribution in [1.82, 2.24) is 9.55 Å². The Morgan fingerprint density at radius 2 is 1.93 bits per heavy atom. The highest BCUT2D eigenvalue weighted by Crippen LogP contribution is 2.27. The fraction of sp³-hybridized carbons (Fsp3) is 0.273. The summed E-state index contributed by atoms with van der Waals surface area (Å²) in [7, 11) is 0. The molecule has 0 N–H and O–H groups in total. The molecule has 0 fully saturated rings. The number of hydrogen-bond donors (Lipinski definition) is 0. The van der Waals surface area contributed by atoms with Gasteiger partial charge in [0.15, 0.2) is 6.10 Å². The number of fused-ring (bicyclic) bond motifs is 1. The Morgan fingerprint density at radius 1 is 1.15 bits per heavy atom. The predicted octanol–water partition coefficient (Wildman–Crippen LogP) is 3.87. The molecule has 3 aromatic rings. The maximum Gasteiger partial charge on any atom is 0.300 e. The normalized spacial score (nSPS) is 15.4. The van der Waals surface area contributed by atoms with Crippen molar-refractivity contribution < 1.29 is 9.47 Å². The Balaban J connectivity index is 1.45. The van der Waals surface area contributed by atoms with Gasteiger partial charge in [-0.05, 0) is 34.7 Å². The summed E-state index contributed by atoms with van der Waals surface area (Å²) in [6.07, 6.45) is 1.54. The molecule has 0 saturated heterocycles. The summed E-state index contributed by atoms with van der Waals surface area (Å²) >= 11 is 0. The molecule has 4 rings (SSSR count). The Hall–Kier alpha value is -3.08.